The molecule has 0 atom stereocenters. The molecule has 114 valence electrons. The fraction of sp³-hybridized carbons (Fsp3) is 0.188. The van der Waals surface area contributed by atoms with Gasteiger partial charge in [-0.2, -0.15) is 13.2 Å². The second-order valence-electron chi connectivity index (χ2n) is 5.22. The number of nitrogens with two attached hydrogens (primary N) is 1. The summed E-state index contributed by atoms with van der Waals surface area (Å²) in [5.74, 6) is 0. The summed E-state index contributed by atoms with van der Waals surface area (Å²) in [5, 5.41) is 1.49. The smallest absolute Gasteiger partial charge is 0.397 e. The molecule has 3 rings (SSSR count). The highest BCUT2D eigenvalue weighted by Gasteiger charge is 2.34. The second kappa shape index (κ2) is 4.98. The maximum absolute atomic E-state index is 13.3. The number of fused-ring (bicyclic) bond motifs is 1. The highest BCUT2D eigenvalue weighted by molar-refractivity contribution is 7.17. The van der Waals surface area contributed by atoms with Gasteiger partial charge in [-0.3, -0.25) is 0 Å². The highest BCUT2D eigenvalue weighted by Crippen LogP contribution is 2.41. The normalized spacial score (nSPS) is 12.0. The molecule has 0 saturated carbocycles. The molecule has 3 aromatic rings. The van der Waals surface area contributed by atoms with Crippen molar-refractivity contribution < 1.29 is 13.2 Å². The number of halogens is 3. The lowest BCUT2D eigenvalue weighted by molar-refractivity contribution is -0.136. The minimum absolute atomic E-state index is 0.00918. The quantitative estimate of drug-likeness (QED) is 0.670. The van der Waals surface area contributed by atoms with E-state index in [-0.39, 0.29) is 11.1 Å². The standard InChI is InChI=1S/C16H13F3N2S/c1-8-3-4-10(5-9(8)2)13-6-11(16(17,18)19)14-12(20)7-22-15(14)21-13/h3-7H,20H2,1-2H3. The Balaban J connectivity index is 2.29. The van der Waals surface area contributed by atoms with E-state index in [1.807, 2.05) is 26.0 Å². The van der Waals surface area contributed by atoms with Crippen LogP contribution < -0.4 is 5.73 Å². The Labute approximate surface area is 129 Å². The number of pyridine rings is 1. The number of hydrogen-bond acceptors (Lipinski definition) is 3. The average molecular weight is 322 g/mol. The number of nitrogen functional groups attached to an aromatic ring is 1. The Bertz CT molecular complexity index is 866. The van der Waals surface area contributed by atoms with Crippen LogP contribution in [0, 0.1) is 13.8 Å². The van der Waals surface area contributed by atoms with Crippen molar-refractivity contribution >= 4 is 27.2 Å². The van der Waals surface area contributed by atoms with E-state index in [2.05, 4.69) is 4.98 Å². The van der Waals surface area contributed by atoms with E-state index in [4.69, 9.17) is 5.73 Å². The molecule has 6 heteroatoms. The third kappa shape index (κ3) is 2.43. The summed E-state index contributed by atoms with van der Waals surface area (Å²) >= 11 is 1.12. The van der Waals surface area contributed by atoms with Gasteiger partial charge in [0.2, 0.25) is 0 Å². The molecule has 0 amide bonds. The maximum Gasteiger partial charge on any atom is 0.417 e. The van der Waals surface area contributed by atoms with Gasteiger partial charge in [0.05, 0.1) is 16.9 Å². The average Bonchev–Trinajstić information content (AvgIpc) is 2.81. The van der Waals surface area contributed by atoms with Crippen LogP contribution in [-0.2, 0) is 6.18 Å². The lowest BCUT2D eigenvalue weighted by atomic mass is 10.0. The fourth-order valence-electron chi connectivity index (χ4n) is 2.34. The zero-order valence-electron chi connectivity index (χ0n) is 12.0. The van der Waals surface area contributed by atoms with Gasteiger partial charge in [0.25, 0.3) is 0 Å². The molecule has 0 aliphatic rings. The van der Waals surface area contributed by atoms with Crippen LogP contribution in [0.1, 0.15) is 16.7 Å². The van der Waals surface area contributed by atoms with Crippen LogP contribution in [-0.4, -0.2) is 4.98 Å². The Morgan fingerprint density at radius 3 is 2.45 bits per heavy atom. The molecule has 0 aliphatic heterocycles. The summed E-state index contributed by atoms with van der Waals surface area (Å²) < 4.78 is 40.0. The predicted octanol–water partition coefficient (Wildman–Crippen LogP) is 5.18. The van der Waals surface area contributed by atoms with E-state index < -0.39 is 11.7 Å². The number of rotatable bonds is 1. The van der Waals surface area contributed by atoms with E-state index in [0.29, 0.717) is 16.1 Å². The molecule has 2 heterocycles. The van der Waals surface area contributed by atoms with Crippen LogP contribution in [0.15, 0.2) is 29.6 Å². The third-order valence-corrected chi connectivity index (χ3v) is 4.57. The number of anilines is 1. The van der Waals surface area contributed by atoms with Crippen LogP contribution in [0.2, 0.25) is 0 Å². The van der Waals surface area contributed by atoms with E-state index in [1.54, 1.807) is 6.07 Å². The van der Waals surface area contributed by atoms with Crippen molar-refractivity contribution in [2.45, 2.75) is 20.0 Å². The van der Waals surface area contributed by atoms with Gasteiger partial charge in [0, 0.05) is 16.3 Å². The van der Waals surface area contributed by atoms with Crippen molar-refractivity contribution in [2.75, 3.05) is 5.73 Å². The van der Waals surface area contributed by atoms with Gasteiger partial charge < -0.3 is 5.73 Å². The van der Waals surface area contributed by atoms with Gasteiger partial charge in [0.1, 0.15) is 4.83 Å². The molecule has 0 unspecified atom stereocenters. The summed E-state index contributed by atoms with van der Waals surface area (Å²) in [6, 6.07) is 6.59. The molecule has 2 aromatic heterocycles. The van der Waals surface area contributed by atoms with Gasteiger partial charge in [-0.15, -0.1) is 11.3 Å². The molecule has 22 heavy (non-hydrogen) atoms. The zero-order chi connectivity index (χ0) is 16.1. The van der Waals surface area contributed by atoms with Crippen molar-refractivity contribution in [3.63, 3.8) is 0 Å². The molecule has 2 N–H and O–H groups in total. The van der Waals surface area contributed by atoms with Gasteiger partial charge in [-0.25, -0.2) is 4.98 Å². The number of aryl methyl sites for hydroxylation is 2. The van der Waals surface area contributed by atoms with Crippen LogP contribution in [0.5, 0.6) is 0 Å². The number of thiophene rings is 1. The molecule has 1 aromatic carbocycles. The molecule has 0 spiro atoms. The second-order valence-corrected chi connectivity index (χ2v) is 6.08. The number of benzene rings is 1. The summed E-state index contributed by atoms with van der Waals surface area (Å²) in [5.41, 5.74) is 8.14. The minimum atomic E-state index is -4.47. The minimum Gasteiger partial charge on any atom is -0.397 e. The van der Waals surface area contributed by atoms with Gasteiger partial charge in [-0.05, 0) is 37.1 Å². The molecule has 2 nitrogen and oxygen atoms in total. The molecule has 0 bridgehead atoms. The number of alkyl halides is 3. The van der Waals surface area contributed by atoms with Crippen molar-refractivity contribution in [3.05, 3.63) is 46.3 Å². The first-order valence-electron chi connectivity index (χ1n) is 6.60. The van der Waals surface area contributed by atoms with Gasteiger partial charge in [0.15, 0.2) is 0 Å². The first-order chi connectivity index (χ1) is 10.3. The number of hydrogen-bond donors (Lipinski definition) is 1. The number of nitrogens with zero attached hydrogens (tertiary/aromatic N) is 1. The van der Waals surface area contributed by atoms with Crippen molar-refractivity contribution in [2.24, 2.45) is 0 Å². The van der Waals surface area contributed by atoms with Gasteiger partial charge in [-0.1, -0.05) is 12.1 Å². The molecule has 0 saturated heterocycles. The Morgan fingerprint density at radius 1 is 1.09 bits per heavy atom. The largest absolute Gasteiger partial charge is 0.417 e. The van der Waals surface area contributed by atoms with E-state index in [1.165, 1.54) is 5.38 Å². The summed E-state index contributed by atoms with van der Waals surface area (Å²) in [6.45, 7) is 3.88. The van der Waals surface area contributed by atoms with Crippen molar-refractivity contribution in [3.8, 4) is 11.3 Å². The molecule has 0 fully saturated rings. The Hall–Kier alpha value is -2.08. The summed E-state index contributed by atoms with van der Waals surface area (Å²) in [6.07, 6.45) is -4.47. The van der Waals surface area contributed by atoms with E-state index >= 15 is 0 Å². The van der Waals surface area contributed by atoms with E-state index in [0.717, 1.165) is 28.5 Å². The summed E-state index contributed by atoms with van der Waals surface area (Å²) in [4.78, 5) is 4.66. The van der Waals surface area contributed by atoms with Crippen LogP contribution >= 0.6 is 11.3 Å². The van der Waals surface area contributed by atoms with E-state index in [9.17, 15) is 13.2 Å². The lowest BCUT2D eigenvalue weighted by Crippen LogP contribution is -2.07. The third-order valence-electron chi connectivity index (χ3n) is 3.68. The van der Waals surface area contributed by atoms with Crippen molar-refractivity contribution in [1.29, 1.82) is 0 Å². The maximum atomic E-state index is 13.3. The fourth-order valence-corrected chi connectivity index (χ4v) is 3.19. The topological polar surface area (TPSA) is 38.9 Å². The Morgan fingerprint density at radius 2 is 1.82 bits per heavy atom. The Kier molecular flexibility index (Phi) is 3.36. The summed E-state index contributed by atoms with van der Waals surface area (Å²) in [7, 11) is 0. The zero-order valence-corrected chi connectivity index (χ0v) is 12.8. The predicted molar refractivity (Wildman–Crippen MR) is 83.9 cm³/mol. The monoisotopic (exact) mass is 322 g/mol. The molecular formula is C16H13F3N2S. The molecular weight excluding hydrogens is 309 g/mol. The highest BCUT2D eigenvalue weighted by atomic mass is 32.1. The van der Waals surface area contributed by atoms with Crippen LogP contribution in [0.4, 0.5) is 18.9 Å². The van der Waals surface area contributed by atoms with Crippen LogP contribution in [0.25, 0.3) is 21.5 Å². The van der Waals surface area contributed by atoms with Crippen LogP contribution in [0.3, 0.4) is 0 Å². The SMILES string of the molecule is Cc1ccc(-c2cc(C(F)(F)F)c3c(N)csc3n2)cc1C. The number of aromatic nitrogens is 1. The molecule has 0 radical (unpaired) electrons. The first-order valence-corrected chi connectivity index (χ1v) is 7.48. The first kappa shape index (κ1) is 14.8. The molecule has 0 aliphatic carbocycles. The lowest BCUT2D eigenvalue weighted by Gasteiger charge is -2.12. The van der Waals surface area contributed by atoms with Crippen molar-refractivity contribution in [1.82, 2.24) is 4.98 Å². The van der Waals surface area contributed by atoms with Gasteiger partial charge >= 0.3 is 6.18 Å².